The zero-order chi connectivity index (χ0) is 13.7. The molecule has 0 radical (unpaired) electrons. The first-order chi connectivity index (χ1) is 8.45. The lowest BCUT2D eigenvalue weighted by Gasteiger charge is -2.13. The van der Waals surface area contributed by atoms with Gasteiger partial charge in [0.2, 0.25) is 0 Å². The number of carbonyl (C=O) groups is 2. The summed E-state index contributed by atoms with van der Waals surface area (Å²) in [6.45, 7) is 3.47. The molecule has 0 fully saturated rings. The molecule has 0 spiro atoms. The number of carboxylic acid groups (broad SMARTS) is 1. The summed E-state index contributed by atoms with van der Waals surface area (Å²) in [5, 5.41) is 11.4. The number of aliphatic carboxylic acids is 1. The predicted octanol–water partition coefficient (Wildman–Crippen LogP) is 2.81. The molecule has 1 unspecified atom stereocenters. The average Bonchev–Trinajstić information content (AvgIpc) is 2.31. The van der Waals surface area contributed by atoms with Crippen LogP contribution in [0.4, 0.5) is 0 Å². The van der Waals surface area contributed by atoms with Crippen LogP contribution in [0, 0.1) is 3.57 Å². The molecule has 1 atom stereocenters. The van der Waals surface area contributed by atoms with Gasteiger partial charge in [0.25, 0.3) is 5.91 Å². The van der Waals surface area contributed by atoms with Crippen LogP contribution in [0.5, 0.6) is 0 Å². The lowest BCUT2D eigenvalue weighted by Crippen LogP contribution is -2.40. The zero-order valence-corrected chi connectivity index (χ0v) is 13.1. The number of carbonyl (C=O) groups excluding carboxylic acids is 1. The summed E-state index contributed by atoms with van der Waals surface area (Å²) in [6.07, 6.45) is 1.65. The van der Waals surface area contributed by atoms with Crippen LogP contribution in [-0.4, -0.2) is 23.0 Å². The first-order valence-electron chi connectivity index (χ1n) is 5.05. The molecule has 1 rings (SSSR count). The molecule has 0 aromatic heterocycles. The minimum Gasteiger partial charge on any atom is -0.480 e. The van der Waals surface area contributed by atoms with Crippen LogP contribution in [-0.2, 0) is 4.79 Å². The van der Waals surface area contributed by atoms with E-state index in [2.05, 4.69) is 27.8 Å². The molecule has 6 heteroatoms. The average molecular weight is 424 g/mol. The van der Waals surface area contributed by atoms with Crippen LogP contribution in [0.15, 0.2) is 35.3 Å². The largest absolute Gasteiger partial charge is 0.480 e. The molecule has 0 bridgehead atoms. The maximum Gasteiger partial charge on any atom is 0.326 e. The SMILES string of the molecule is C=CCC(NC(=O)c1cc(Br)ccc1I)C(=O)O. The minimum absolute atomic E-state index is 0.186. The number of halogens is 2. The molecule has 0 aliphatic heterocycles. The summed E-state index contributed by atoms with van der Waals surface area (Å²) in [6, 6.07) is 4.30. The number of amides is 1. The second-order valence-corrected chi connectivity index (χ2v) is 5.59. The second kappa shape index (κ2) is 6.89. The van der Waals surface area contributed by atoms with Crippen LogP contribution >= 0.6 is 38.5 Å². The number of rotatable bonds is 5. The van der Waals surface area contributed by atoms with Gasteiger partial charge in [-0.15, -0.1) is 6.58 Å². The van der Waals surface area contributed by atoms with Crippen molar-refractivity contribution >= 4 is 50.4 Å². The molecular weight excluding hydrogens is 413 g/mol. The highest BCUT2D eigenvalue weighted by molar-refractivity contribution is 14.1. The van der Waals surface area contributed by atoms with Crippen LogP contribution in [0.3, 0.4) is 0 Å². The molecular formula is C12H11BrINO3. The van der Waals surface area contributed by atoms with Crippen molar-refractivity contribution in [1.29, 1.82) is 0 Å². The van der Waals surface area contributed by atoms with Crippen molar-refractivity contribution in [2.75, 3.05) is 0 Å². The van der Waals surface area contributed by atoms with Crippen LogP contribution in [0.1, 0.15) is 16.8 Å². The number of nitrogens with one attached hydrogen (secondary N) is 1. The molecule has 1 aromatic rings. The van der Waals surface area contributed by atoms with Crippen molar-refractivity contribution in [1.82, 2.24) is 5.32 Å². The molecule has 96 valence electrons. The first kappa shape index (κ1) is 15.2. The predicted molar refractivity (Wildman–Crippen MR) is 80.6 cm³/mol. The molecule has 2 N–H and O–H groups in total. The zero-order valence-electron chi connectivity index (χ0n) is 9.32. The first-order valence-corrected chi connectivity index (χ1v) is 6.92. The van der Waals surface area contributed by atoms with Crippen molar-refractivity contribution in [3.8, 4) is 0 Å². The minimum atomic E-state index is -1.08. The monoisotopic (exact) mass is 423 g/mol. The van der Waals surface area contributed by atoms with E-state index < -0.39 is 17.9 Å². The third-order valence-electron chi connectivity index (χ3n) is 2.18. The summed E-state index contributed by atoms with van der Waals surface area (Å²) < 4.78 is 1.53. The fourth-order valence-electron chi connectivity index (χ4n) is 1.30. The van der Waals surface area contributed by atoms with Crippen molar-refractivity contribution < 1.29 is 14.7 Å². The van der Waals surface area contributed by atoms with Crippen molar-refractivity contribution in [2.24, 2.45) is 0 Å². The van der Waals surface area contributed by atoms with Crippen molar-refractivity contribution in [3.05, 3.63) is 44.5 Å². The van der Waals surface area contributed by atoms with E-state index in [0.29, 0.717) is 5.56 Å². The molecule has 0 saturated carbocycles. The van der Waals surface area contributed by atoms with Gasteiger partial charge in [0.15, 0.2) is 0 Å². The van der Waals surface area contributed by atoms with Crippen LogP contribution < -0.4 is 5.32 Å². The third-order valence-corrected chi connectivity index (χ3v) is 3.61. The summed E-state index contributed by atoms with van der Waals surface area (Å²) in [7, 11) is 0. The van der Waals surface area contributed by atoms with Gasteiger partial charge in [0.05, 0.1) is 5.56 Å². The van der Waals surface area contributed by atoms with Gasteiger partial charge in [-0.3, -0.25) is 4.79 Å². The Morgan fingerprint density at radius 1 is 1.56 bits per heavy atom. The van der Waals surface area contributed by atoms with E-state index in [1.54, 1.807) is 12.1 Å². The van der Waals surface area contributed by atoms with Gasteiger partial charge in [0.1, 0.15) is 6.04 Å². The highest BCUT2D eigenvalue weighted by Crippen LogP contribution is 2.18. The van der Waals surface area contributed by atoms with E-state index in [0.717, 1.165) is 8.04 Å². The normalized spacial score (nSPS) is 11.7. The Morgan fingerprint density at radius 3 is 2.78 bits per heavy atom. The molecule has 0 aliphatic carbocycles. The number of carboxylic acids is 1. The fraction of sp³-hybridized carbons (Fsp3) is 0.167. The quantitative estimate of drug-likeness (QED) is 0.565. The summed E-state index contributed by atoms with van der Waals surface area (Å²) >= 11 is 5.30. The van der Waals surface area contributed by atoms with Gasteiger partial charge in [-0.25, -0.2) is 4.79 Å². The molecule has 1 amide bonds. The molecule has 0 saturated heterocycles. The highest BCUT2D eigenvalue weighted by Gasteiger charge is 2.20. The van der Waals surface area contributed by atoms with E-state index in [1.165, 1.54) is 6.08 Å². The Hall–Kier alpha value is -0.890. The van der Waals surface area contributed by atoms with E-state index in [-0.39, 0.29) is 6.42 Å². The fourth-order valence-corrected chi connectivity index (χ4v) is 2.24. The number of benzene rings is 1. The molecule has 0 aliphatic rings. The van der Waals surface area contributed by atoms with E-state index in [9.17, 15) is 9.59 Å². The highest BCUT2D eigenvalue weighted by atomic mass is 127. The molecule has 1 aromatic carbocycles. The van der Waals surface area contributed by atoms with E-state index >= 15 is 0 Å². The Balaban J connectivity index is 2.89. The van der Waals surface area contributed by atoms with Gasteiger partial charge in [0, 0.05) is 8.04 Å². The van der Waals surface area contributed by atoms with Gasteiger partial charge in [-0.05, 0) is 47.2 Å². The maximum atomic E-state index is 12.0. The van der Waals surface area contributed by atoms with Crippen molar-refractivity contribution in [2.45, 2.75) is 12.5 Å². The molecule has 4 nitrogen and oxygen atoms in total. The topological polar surface area (TPSA) is 66.4 Å². The standard InChI is InChI=1S/C12H11BrINO3/c1-2-3-10(12(17)18)15-11(16)8-6-7(13)4-5-9(8)14/h2,4-6,10H,1,3H2,(H,15,16)(H,17,18). The van der Waals surface area contributed by atoms with Gasteiger partial charge < -0.3 is 10.4 Å². The van der Waals surface area contributed by atoms with Gasteiger partial charge >= 0.3 is 5.97 Å². The van der Waals surface area contributed by atoms with E-state index in [1.807, 2.05) is 28.7 Å². The van der Waals surface area contributed by atoms with Crippen LogP contribution in [0.25, 0.3) is 0 Å². The Bertz CT molecular complexity index is 490. The lowest BCUT2D eigenvalue weighted by atomic mass is 10.1. The maximum absolute atomic E-state index is 12.0. The van der Waals surface area contributed by atoms with Gasteiger partial charge in [-0.2, -0.15) is 0 Å². The lowest BCUT2D eigenvalue weighted by molar-refractivity contribution is -0.139. The number of hydrogen-bond donors (Lipinski definition) is 2. The summed E-state index contributed by atoms with van der Waals surface area (Å²) in [4.78, 5) is 22.9. The summed E-state index contributed by atoms with van der Waals surface area (Å²) in [5.41, 5.74) is 0.445. The third kappa shape index (κ3) is 4.09. The summed E-state index contributed by atoms with van der Waals surface area (Å²) in [5.74, 6) is -1.48. The molecule has 0 heterocycles. The second-order valence-electron chi connectivity index (χ2n) is 3.51. The van der Waals surface area contributed by atoms with Crippen molar-refractivity contribution in [3.63, 3.8) is 0 Å². The number of hydrogen-bond acceptors (Lipinski definition) is 2. The molecule has 18 heavy (non-hydrogen) atoms. The smallest absolute Gasteiger partial charge is 0.326 e. The van der Waals surface area contributed by atoms with Gasteiger partial charge in [-0.1, -0.05) is 22.0 Å². The Morgan fingerprint density at radius 2 is 2.22 bits per heavy atom. The van der Waals surface area contributed by atoms with Crippen LogP contribution in [0.2, 0.25) is 0 Å². The van der Waals surface area contributed by atoms with E-state index in [4.69, 9.17) is 5.11 Å². The Kier molecular flexibility index (Phi) is 5.80. The Labute approximate surface area is 127 Å².